The number of aliphatic hydroxyl groups excluding tert-OH is 1. The molecule has 2 N–H and O–H groups in total. The van der Waals surface area contributed by atoms with Crippen molar-refractivity contribution >= 4 is 22.2 Å². The van der Waals surface area contributed by atoms with Crippen LogP contribution in [0.4, 0.5) is 5.13 Å². The smallest absolute Gasteiger partial charge is 0.183 e. The van der Waals surface area contributed by atoms with Crippen LogP contribution in [0.1, 0.15) is 32.4 Å². The zero-order valence-corrected chi connectivity index (χ0v) is 15.3. The van der Waals surface area contributed by atoms with Crippen LogP contribution < -0.4 is 5.32 Å². The zero-order chi connectivity index (χ0) is 17.4. The molecule has 2 heterocycles. The van der Waals surface area contributed by atoms with Gasteiger partial charge in [0, 0.05) is 17.8 Å². The van der Waals surface area contributed by atoms with Gasteiger partial charge in [-0.3, -0.25) is 4.99 Å². The lowest BCUT2D eigenvalue weighted by Gasteiger charge is -2.05. The molecule has 6 heteroatoms. The highest BCUT2D eigenvalue weighted by atomic mass is 32.1. The van der Waals surface area contributed by atoms with Crippen molar-refractivity contribution in [1.82, 2.24) is 4.98 Å². The monoisotopic (exact) mass is 347 g/mol. The van der Waals surface area contributed by atoms with E-state index < -0.39 is 0 Å². The highest BCUT2D eigenvalue weighted by Crippen LogP contribution is 2.19. The predicted molar refractivity (Wildman–Crippen MR) is 101 cm³/mol. The first-order valence-corrected chi connectivity index (χ1v) is 8.95. The van der Waals surface area contributed by atoms with E-state index in [-0.39, 0.29) is 6.61 Å². The molecular weight excluding hydrogens is 322 g/mol. The fourth-order valence-electron chi connectivity index (χ4n) is 2.21. The van der Waals surface area contributed by atoms with Crippen LogP contribution in [-0.4, -0.2) is 42.1 Å². The van der Waals surface area contributed by atoms with Crippen molar-refractivity contribution in [3.8, 4) is 0 Å². The van der Waals surface area contributed by atoms with Crippen LogP contribution in [0, 0.1) is 0 Å². The summed E-state index contributed by atoms with van der Waals surface area (Å²) in [5, 5.41) is 15.8. The predicted octanol–water partition coefficient (Wildman–Crippen LogP) is 3.55. The van der Waals surface area contributed by atoms with E-state index in [4.69, 9.17) is 4.74 Å². The van der Waals surface area contributed by atoms with Gasteiger partial charge in [0.05, 0.1) is 31.7 Å². The Kier molecular flexibility index (Phi) is 7.21. The number of anilines is 1. The average Bonchev–Trinajstić information content (AvgIpc) is 2.99. The molecule has 130 valence electrons. The topological polar surface area (TPSA) is 66.7 Å². The fourth-order valence-corrected chi connectivity index (χ4v) is 3.08. The van der Waals surface area contributed by atoms with Gasteiger partial charge in [-0.15, -0.1) is 11.3 Å². The van der Waals surface area contributed by atoms with Crippen LogP contribution in [0.3, 0.4) is 0 Å². The van der Waals surface area contributed by atoms with Crippen molar-refractivity contribution < 1.29 is 9.84 Å². The Labute approximate surface area is 147 Å². The van der Waals surface area contributed by atoms with Gasteiger partial charge < -0.3 is 15.2 Å². The Morgan fingerprint density at radius 3 is 2.88 bits per heavy atom. The summed E-state index contributed by atoms with van der Waals surface area (Å²) >= 11 is 1.58. The van der Waals surface area contributed by atoms with Gasteiger partial charge in [0.25, 0.3) is 0 Å². The van der Waals surface area contributed by atoms with Gasteiger partial charge in [0.15, 0.2) is 5.13 Å². The maximum absolute atomic E-state index is 9.51. The minimum absolute atomic E-state index is 0.0425. The summed E-state index contributed by atoms with van der Waals surface area (Å²) in [5.74, 6) is 0.776. The second-order valence-electron chi connectivity index (χ2n) is 5.77. The molecule has 0 amide bonds. The Morgan fingerprint density at radius 2 is 2.17 bits per heavy atom. The van der Waals surface area contributed by atoms with Gasteiger partial charge >= 0.3 is 0 Å². The fraction of sp³-hybridized carbons (Fsp3) is 0.444. The van der Waals surface area contributed by atoms with E-state index in [9.17, 15) is 5.11 Å². The number of methoxy groups -OCH3 is 1. The Hall–Kier alpha value is -1.92. The van der Waals surface area contributed by atoms with Crippen LogP contribution in [0.5, 0.6) is 0 Å². The first kappa shape index (κ1) is 18.4. The zero-order valence-electron chi connectivity index (χ0n) is 14.5. The summed E-state index contributed by atoms with van der Waals surface area (Å²) in [4.78, 5) is 9.30. The molecule has 0 saturated heterocycles. The van der Waals surface area contributed by atoms with Crippen LogP contribution in [0.25, 0.3) is 0 Å². The number of nitrogens with zero attached hydrogens (tertiary/aromatic N) is 2. The van der Waals surface area contributed by atoms with Crippen molar-refractivity contribution in [2.75, 3.05) is 25.6 Å². The van der Waals surface area contributed by atoms with E-state index in [1.807, 2.05) is 29.7 Å². The molecule has 1 aliphatic rings. The van der Waals surface area contributed by atoms with Gasteiger partial charge in [-0.1, -0.05) is 12.2 Å². The number of aliphatic imine (C=N–C) groups is 1. The third kappa shape index (κ3) is 5.62. The number of thiazole rings is 1. The number of hydrogen-bond acceptors (Lipinski definition) is 6. The number of hydrogen-bond donors (Lipinski definition) is 2. The molecule has 2 rings (SSSR count). The first-order valence-electron chi connectivity index (χ1n) is 8.07. The SMILES string of the molecule is COC1=C/CN=C(c2csc(NC(C)C)n2)C/C=C(/CO)C/C=C\1. The lowest BCUT2D eigenvalue weighted by atomic mass is 10.1. The van der Waals surface area contributed by atoms with E-state index in [2.05, 4.69) is 29.1 Å². The maximum Gasteiger partial charge on any atom is 0.183 e. The Bertz CT molecular complexity index is 657. The minimum Gasteiger partial charge on any atom is -0.497 e. The number of nitrogens with one attached hydrogen (secondary N) is 1. The van der Waals surface area contributed by atoms with E-state index >= 15 is 0 Å². The molecule has 24 heavy (non-hydrogen) atoms. The number of aromatic nitrogens is 1. The summed E-state index contributed by atoms with van der Waals surface area (Å²) in [6.45, 7) is 4.76. The van der Waals surface area contributed by atoms with Crippen LogP contribution in [0.15, 0.2) is 46.0 Å². The van der Waals surface area contributed by atoms with Gasteiger partial charge in [-0.2, -0.15) is 0 Å². The van der Waals surface area contributed by atoms with E-state index in [0.717, 1.165) is 27.9 Å². The van der Waals surface area contributed by atoms with Gasteiger partial charge in [-0.25, -0.2) is 4.98 Å². The highest BCUT2D eigenvalue weighted by Gasteiger charge is 2.09. The summed E-state index contributed by atoms with van der Waals surface area (Å²) in [6, 6.07) is 0.345. The molecule has 1 aromatic rings. The standard InChI is InChI=1S/C18H25N3O2S/c1-13(2)20-18-21-17(12-24-18)16-8-7-14(11-22)5-4-6-15(23-3)9-10-19-16/h4,6-7,9,12-13,22H,5,8,10-11H2,1-3H3,(H,20,21)/b6-4-,14-7+,15-9+,19-16?. The molecule has 0 spiro atoms. The van der Waals surface area contributed by atoms with E-state index in [1.54, 1.807) is 18.4 Å². The van der Waals surface area contributed by atoms with E-state index in [0.29, 0.717) is 25.4 Å². The number of allylic oxidation sites excluding steroid dienone is 3. The van der Waals surface area contributed by atoms with Gasteiger partial charge in [0.1, 0.15) is 5.76 Å². The molecule has 1 aromatic heterocycles. The second kappa shape index (κ2) is 9.39. The summed E-state index contributed by atoms with van der Waals surface area (Å²) in [6.07, 6.45) is 9.25. The lowest BCUT2D eigenvalue weighted by molar-refractivity contribution is 0.305. The van der Waals surface area contributed by atoms with Crippen LogP contribution >= 0.6 is 11.3 Å². The summed E-state index contributed by atoms with van der Waals surface area (Å²) in [5.41, 5.74) is 2.77. The van der Waals surface area contributed by atoms with Gasteiger partial charge in [0.2, 0.25) is 0 Å². The lowest BCUT2D eigenvalue weighted by Crippen LogP contribution is -2.10. The Morgan fingerprint density at radius 1 is 1.33 bits per heavy atom. The first-order chi connectivity index (χ1) is 11.6. The minimum atomic E-state index is 0.0425. The summed E-state index contributed by atoms with van der Waals surface area (Å²) < 4.78 is 5.32. The molecule has 0 bridgehead atoms. The molecule has 5 nitrogen and oxygen atoms in total. The third-order valence-electron chi connectivity index (χ3n) is 3.47. The van der Waals surface area contributed by atoms with Crippen molar-refractivity contribution in [1.29, 1.82) is 0 Å². The molecule has 1 aliphatic heterocycles. The summed E-state index contributed by atoms with van der Waals surface area (Å²) in [7, 11) is 1.65. The van der Waals surface area contributed by atoms with Crippen LogP contribution in [-0.2, 0) is 4.74 Å². The average molecular weight is 347 g/mol. The molecule has 0 radical (unpaired) electrons. The molecule has 0 saturated carbocycles. The number of ether oxygens (including phenoxy) is 1. The molecule has 0 unspecified atom stereocenters. The molecule has 0 fully saturated rings. The molecule has 0 aromatic carbocycles. The molecule has 0 aliphatic carbocycles. The van der Waals surface area contributed by atoms with Crippen LogP contribution in [0.2, 0.25) is 0 Å². The normalized spacial score (nSPS) is 21.8. The second-order valence-corrected chi connectivity index (χ2v) is 6.62. The van der Waals surface area contributed by atoms with E-state index in [1.165, 1.54) is 0 Å². The van der Waals surface area contributed by atoms with Crippen molar-refractivity contribution in [2.45, 2.75) is 32.7 Å². The van der Waals surface area contributed by atoms with Crippen molar-refractivity contribution in [3.63, 3.8) is 0 Å². The maximum atomic E-state index is 9.51. The quantitative estimate of drug-likeness (QED) is 0.800. The van der Waals surface area contributed by atoms with Crippen molar-refractivity contribution in [2.24, 2.45) is 4.99 Å². The third-order valence-corrected chi connectivity index (χ3v) is 4.25. The van der Waals surface area contributed by atoms with Gasteiger partial charge in [-0.05, 0) is 38.0 Å². The Balaban J connectivity index is 2.26. The molecular formula is C18H25N3O2S. The molecule has 0 atom stereocenters. The number of rotatable bonds is 5. The number of aliphatic hydroxyl groups is 1. The van der Waals surface area contributed by atoms with Crippen molar-refractivity contribution in [3.05, 3.63) is 46.7 Å². The highest BCUT2D eigenvalue weighted by molar-refractivity contribution is 7.13. The largest absolute Gasteiger partial charge is 0.497 e.